The Hall–Kier alpha value is -5.74. The second kappa shape index (κ2) is 17.2. The smallest absolute Gasteiger partial charge is 0.407 e. The Labute approximate surface area is 331 Å². The van der Waals surface area contributed by atoms with Crippen LogP contribution in [0.15, 0.2) is 60.9 Å². The Kier molecular flexibility index (Phi) is 12.3. The number of methoxy groups -OCH3 is 3. The quantitative estimate of drug-likeness (QED) is 0.136. The Balaban J connectivity index is 1.13. The number of hydrogen-bond donors (Lipinski definition) is 4. The fourth-order valence-corrected chi connectivity index (χ4v) is 7.93. The van der Waals surface area contributed by atoms with Crippen LogP contribution in [0.2, 0.25) is 0 Å². The molecule has 4 N–H and O–H groups in total. The molecule has 2 aromatic carbocycles. The number of H-pyrrole nitrogens is 2. The van der Waals surface area contributed by atoms with Crippen molar-refractivity contribution in [3.63, 3.8) is 0 Å². The Morgan fingerprint density at radius 3 is 2.00 bits per heavy atom. The zero-order valence-corrected chi connectivity index (χ0v) is 33.4. The molecule has 0 saturated carbocycles. The number of amides is 4. The number of aromatic amines is 2. The van der Waals surface area contributed by atoms with E-state index >= 15 is 0 Å². The van der Waals surface area contributed by atoms with E-state index < -0.39 is 42.0 Å². The van der Waals surface area contributed by atoms with Crippen molar-refractivity contribution in [3.05, 3.63) is 72.6 Å². The van der Waals surface area contributed by atoms with Crippen LogP contribution in [0.5, 0.6) is 0 Å². The number of ether oxygens (including phenoxy) is 3. The highest BCUT2D eigenvalue weighted by Crippen LogP contribution is 2.39. The van der Waals surface area contributed by atoms with E-state index in [1.54, 1.807) is 36.0 Å². The van der Waals surface area contributed by atoms with Gasteiger partial charge in [-0.25, -0.2) is 19.6 Å². The molecule has 16 heteroatoms. The minimum absolute atomic E-state index is 0.256. The second-order valence-corrected chi connectivity index (χ2v) is 14.9. The predicted molar refractivity (Wildman–Crippen MR) is 211 cm³/mol. The van der Waals surface area contributed by atoms with E-state index in [1.165, 1.54) is 28.4 Å². The highest BCUT2D eigenvalue weighted by molar-refractivity contribution is 5.87. The Bertz CT molecular complexity index is 2050. The normalized spacial score (nSPS) is 20.2. The van der Waals surface area contributed by atoms with E-state index in [-0.39, 0.29) is 17.9 Å². The number of carboxylic acid groups (broad SMARTS) is 1. The fraction of sp³-hybridized carbons (Fsp3) is 0.463. The van der Waals surface area contributed by atoms with Crippen LogP contribution in [0.1, 0.15) is 64.1 Å². The van der Waals surface area contributed by atoms with Crippen molar-refractivity contribution < 1.29 is 38.5 Å². The molecule has 2 aromatic heterocycles. The summed E-state index contributed by atoms with van der Waals surface area (Å²) in [5, 5.41) is 12.3. The van der Waals surface area contributed by atoms with Gasteiger partial charge in [-0.1, -0.05) is 48.5 Å². The fourth-order valence-electron chi connectivity index (χ4n) is 7.93. The van der Waals surface area contributed by atoms with Crippen molar-refractivity contribution in [1.82, 2.24) is 40.0 Å². The van der Waals surface area contributed by atoms with Gasteiger partial charge in [0.15, 0.2) is 0 Å². The summed E-state index contributed by atoms with van der Waals surface area (Å²) in [5.74, 6) is 0.741. The van der Waals surface area contributed by atoms with Gasteiger partial charge in [-0.15, -0.1) is 0 Å². The number of nitrogens with one attached hydrogen (secondary N) is 3. The van der Waals surface area contributed by atoms with Gasteiger partial charge in [0.1, 0.15) is 23.7 Å². The van der Waals surface area contributed by atoms with Crippen LogP contribution in [-0.4, -0.2) is 130 Å². The molecule has 4 aromatic rings. The average Bonchev–Trinajstić information content (AvgIpc) is 4.06. The number of carbonyl (C=O) groups excluding carboxylic acids is 3. The van der Waals surface area contributed by atoms with Crippen LogP contribution < -0.4 is 5.32 Å². The van der Waals surface area contributed by atoms with Gasteiger partial charge in [0.2, 0.25) is 11.8 Å². The summed E-state index contributed by atoms with van der Waals surface area (Å²) in [6.07, 6.45) is 3.40. The number of carbonyl (C=O) groups is 4. The lowest BCUT2D eigenvalue weighted by molar-refractivity contribution is -0.144. The van der Waals surface area contributed by atoms with Crippen LogP contribution in [0.3, 0.4) is 0 Å². The lowest BCUT2D eigenvalue weighted by atomic mass is 9.96. The van der Waals surface area contributed by atoms with Gasteiger partial charge in [0.05, 0.1) is 54.7 Å². The van der Waals surface area contributed by atoms with Crippen molar-refractivity contribution in [2.45, 2.75) is 82.3 Å². The van der Waals surface area contributed by atoms with Crippen LogP contribution in [0.25, 0.3) is 33.6 Å². The molecule has 0 radical (unpaired) electrons. The van der Waals surface area contributed by atoms with Crippen molar-refractivity contribution >= 4 is 24.0 Å². The van der Waals surface area contributed by atoms with Crippen LogP contribution >= 0.6 is 0 Å². The van der Waals surface area contributed by atoms with E-state index in [4.69, 9.17) is 19.2 Å². The number of alkyl carbamates (subject to hydrolysis) is 1. The highest BCUT2D eigenvalue weighted by Gasteiger charge is 2.47. The molecule has 2 aliphatic rings. The summed E-state index contributed by atoms with van der Waals surface area (Å²) in [6.45, 7) is 6.40. The maximum absolute atomic E-state index is 13.9. The molecule has 6 atom stereocenters. The molecule has 2 aliphatic heterocycles. The molecule has 16 nitrogen and oxygen atoms in total. The summed E-state index contributed by atoms with van der Waals surface area (Å²) in [6, 6.07) is 14.1. The largest absolute Gasteiger partial charge is 0.465 e. The number of benzene rings is 2. The van der Waals surface area contributed by atoms with Gasteiger partial charge < -0.3 is 44.4 Å². The number of aromatic nitrogens is 4. The molecule has 57 heavy (non-hydrogen) atoms. The van der Waals surface area contributed by atoms with Crippen molar-refractivity contribution in [2.24, 2.45) is 0 Å². The minimum Gasteiger partial charge on any atom is -0.465 e. The van der Waals surface area contributed by atoms with E-state index in [9.17, 15) is 24.3 Å². The number of nitrogens with zero attached hydrogens (tertiary/aromatic N) is 5. The average molecular weight is 785 g/mol. The van der Waals surface area contributed by atoms with Crippen molar-refractivity contribution in [1.29, 1.82) is 0 Å². The third kappa shape index (κ3) is 8.23. The number of rotatable bonds is 13. The molecule has 6 rings (SSSR count). The molecule has 4 heterocycles. The molecule has 304 valence electrons. The number of imidazole rings is 2. The lowest BCUT2D eigenvalue weighted by Gasteiger charge is -2.39. The topological polar surface area (TPSA) is 195 Å². The molecule has 0 aliphatic carbocycles. The van der Waals surface area contributed by atoms with Gasteiger partial charge in [-0.05, 0) is 68.7 Å². The first kappa shape index (κ1) is 40.9. The molecular formula is C41H52N8O8. The summed E-state index contributed by atoms with van der Waals surface area (Å²) < 4.78 is 15.5. The van der Waals surface area contributed by atoms with E-state index in [1.807, 2.05) is 55.5 Å². The third-order valence-electron chi connectivity index (χ3n) is 11.5. The molecule has 2 saturated heterocycles. The zero-order valence-electron chi connectivity index (χ0n) is 33.4. The van der Waals surface area contributed by atoms with E-state index in [2.05, 4.69) is 20.3 Å². The highest BCUT2D eigenvalue weighted by atomic mass is 16.5. The van der Waals surface area contributed by atoms with Gasteiger partial charge >= 0.3 is 12.2 Å². The zero-order chi connectivity index (χ0) is 41.0. The Morgan fingerprint density at radius 1 is 0.842 bits per heavy atom. The summed E-state index contributed by atoms with van der Waals surface area (Å²) in [7, 11) is 5.60. The SMILES string of the molecule is COC(=O)N[C@H](C(=O)N1CCC[C@H]1c1ncc(-c2ccc(-c3ccc(-c4cnc([C@]5(C)CCCN5C(=O)[C@H]([C@@H](C)OC)N(C)C(=O)O)[nH]4)cc3)cc2)[nH]1)[C@@H](C)OC. The van der Waals surface area contributed by atoms with Crippen LogP contribution in [0, 0.1) is 0 Å². The number of likely N-dealkylation sites (N-methyl/N-ethyl adjacent to an activating group) is 1. The molecule has 4 amide bonds. The predicted octanol–water partition coefficient (Wildman–Crippen LogP) is 5.41. The number of hydrogen-bond acceptors (Lipinski definition) is 9. The van der Waals surface area contributed by atoms with Gasteiger partial charge in [-0.3, -0.25) is 14.5 Å². The number of likely N-dealkylation sites (tertiary alicyclic amines) is 2. The van der Waals surface area contributed by atoms with E-state index in [0.717, 1.165) is 57.8 Å². The third-order valence-corrected chi connectivity index (χ3v) is 11.5. The Morgan fingerprint density at radius 2 is 1.42 bits per heavy atom. The summed E-state index contributed by atoms with van der Waals surface area (Å²) >= 11 is 0. The second-order valence-electron chi connectivity index (χ2n) is 14.9. The van der Waals surface area contributed by atoms with Gasteiger partial charge in [-0.2, -0.15) is 0 Å². The van der Waals surface area contributed by atoms with Crippen molar-refractivity contribution in [2.75, 3.05) is 41.5 Å². The van der Waals surface area contributed by atoms with Crippen LogP contribution in [-0.2, 0) is 29.3 Å². The maximum atomic E-state index is 13.9. The van der Waals surface area contributed by atoms with Gasteiger partial charge in [0, 0.05) is 34.4 Å². The standard InChI is InChI=1S/C41H52N8O8/c1-24(55-5)33(46-39(52)57-7)36(50)48-20-8-10-32(48)35-42-22-30(44-35)28-15-11-26(12-16-28)27-13-17-29(18-14-27)31-23-43-38(45-31)41(3)19-9-21-49(41)37(51)34(25(2)56-6)47(4)40(53)54/h11-18,22-25,32-34H,8-10,19-21H2,1-7H3,(H,42,44)(H,43,45)(H,46,52)(H,53,54)/t24-,25-,32+,33+,34+,41+/m1/s1. The van der Waals surface area contributed by atoms with E-state index in [0.29, 0.717) is 31.2 Å². The molecule has 0 bridgehead atoms. The molecular weight excluding hydrogens is 732 g/mol. The molecule has 0 unspecified atom stereocenters. The maximum Gasteiger partial charge on any atom is 0.407 e. The van der Waals surface area contributed by atoms with Crippen LogP contribution in [0.4, 0.5) is 9.59 Å². The monoisotopic (exact) mass is 784 g/mol. The first-order valence-electron chi connectivity index (χ1n) is 19.1. The first-order valence-corrected chi connectivity index (χ1v) is 19.1. The minimum atomic E-state index is -1.20. The van der Waals surface area contributed by atoms with Crippen molar-refractivity contribution in [3.8, 4) is 33.6 Å². The molecule has 0 spiro atoms. The summed E-state index contributed by atoms with van der Waals surface area (Å²) in [4.78, 5) is 72.0. The first-order chi connectivity index (χ1) is 27.3. The lowest BCUT2D eigenvalue weighted by Crippen LogP contribution is -2.57. The van der Waals surface area contributed by atoms with Gasteiger partial charge in [0.25, 0.3) is 0 Å². The summed E-state index contributed by atoms with van der Waals surface area (Å²) in [5.41, 5.74) is 4.80. The molecule has 2 fully saturated rings.